The van der Waals surface area contributed by atoms with Gasteiger partial charge in [0.25, 0.3) is 5.91 Å². The number of ether oxygens (including phenoxy) is 1. The van der Waals surface area contributed by atoms with Gasteiger partial charge in [0.15, 0.2) is 10.8 Å². The van der Waals surface area contributed by atoms with Crippen LogP contribution in [0.15, 0.2) is 48.9 Å². The first-order chi connectivity index (χ1) is 14.5. The molecule has 0 atom stereocenters. The molecule has 1 aromatic carbocycles. The molecule has 3 heterocycles. The molecule has 1 amide bonds. The summed E-state index contributed by atoms with van der Waals surface area (Å²) < 4.78 is 7.95. The average molecular weight is 442 g/mol. The number of fused-ring (bicyclic) bond motifs is 1. The number of halogens is 1. The Morgan fingerprint density at radius 2 is 2.13 bits per heavy atom. The number of carbonyl (C=O) groups is 1. The van der Waals surface area contributed by atoms with E-state index in [0.717, 1.165) is 10.3 Å². The molecule has 0 aliphatic rings. The van der Waals surface area contributed by atoms with Crippen molar-refractivity contribution in [1.82, 2.24) is 19.7 Å². The number of hydrogen-bond acceptors (Lipinski definition) is 6. The SMILES string of the molecule is COc1ccc(Cl)c2sc(N(Cc3cccnc3)C(=O)c3ccn(C(C)C)n3)nc12. The van der Waals surface area contributed by atoms with E-state index in [0.29, 0.717) is 33.7 Å². The van der Waals surface area contributed by atoms with Gasteiger partial charge in [-0.2, -0.15) is 5.10 Å². The number of aromatic nitrogens is 4. The van der Waals surface area contributed by atoms with Crippen molar-refractivity contribution in [2.75, 3.05) is 12.0 Å². The number of benzene rings is 1. The zero-order valence-corrected chi connectivity index (χ0v) is 18.3. The minimum absolute atomic E-state index is 0.156. The van der Waals surface area contributed by atoms with Crippen LogP contribution in [0.4, 0.5) is 5.13 Å². The summed E-state index contributed by atoms with van der Waals surface area (Å²) in [7, 11) is 1.58. The number of thiazole rings is 1. The number of nitrogens with zero attached hydrogens (tertiary/aromatic N) is 5. The third-order valence-electron chi connectivity index (χ3n) is 4.56. The van der Waals surface area contributed by atoms with Crippen LogP contribution in [-0.2, 0) is 6.54 Å². The maximum Gasteiger partial charge on any atom is 0.280 e. The highest BCUT2D eigenvalue weighted by molar-refractivity contribution is 7.23. The number of amides is 1. The molecule has 0 unspecified atom stereocenters. The first-order valence-electron chi connectivity index (χ1n) is 9.37. The predicted molar refractivity (Wildman–Crippen MR) is 119 cm³/mol. The summed E-state index contributed by atoms with van der Waals surface area (Å²) in [6.07, 6.45) is 5.23. The number of methoxy groups -OCH3 is 1. The van der Waals surface area contributed by atoms with Crippen LogP contribution < -0.4 is 9.64 Å². The van der Waals surface area contributed by atoms with Gasteiger partial charge < -0.3 is 4.74 Å². The molecule has 0 aliphatic heterocycles. The second kappa shape index (κ2) is 8.41. The summed E-state index contributed by atoms with van der Waals surface area (Å²) in [5.74, 6) is 0.363. The lowest BCUT2D eigenvalue weighted by Crippen LogP contribution is -2.31. The molecular weight excluding hydrogens is 422 g/mol. The topological polar surface area (TPSA) is 73.1 Å². The van der Waals surface area contributed by atoms with Crippen LogP contribution in [0.3, 0.4) is 0 Å². The normalized spacial score (nSPS) is 11.2. The van der Waals surface area contributed by atoms with Gasteiger partial charge in [0.05, 0.1) is 23.4 Å². The molecule has 4 aromatic rings. The van der Waals surface area contributed by atoms with E-state index in [4.69, 9.17) is 16.3 Å². The van der Waals surface area contributed by atoms with Gasteiger partial charge in [-0.3, -0.25) is 19.4 Å². The molecule has 7 nitrogen and oxygen atoms in total. The quantitative estimate of drug-likeness (QED) is 0.422. The van der Waals surface area contributed by atoms with Crippen molar-refractivity contribution < 1.29 is 9.53 Å². The molecule has 0 spiro atoms. The van der Waals surface area contributed by atoms with Crippen LogP contribution in [0.2, 0.25) is 5.02 Å². The van der Waals surface area contributed by atoms with Crippen molar-refractivity contribution in [2.24, 2.45) is 0 Å². The molecule has 0 fully saturated rings. The first kappa shape index (κ1) is 20.3. The van der Waals surface area contributed by atoms with E-state index in [1.54, 1.807) is 53.5 Å². The Labute approximate surface area is 182 Å². The van der Waals surface area contributed by atoms with Crippen LogP contribution in [0.5, 0.6) is 5.75 Å². The molecule has 154 valence electrons. The summed E-state index contributed by atoms with van der Waals surface area (Å²) >= 11 is 7.73. The molecule has 0 N–H and O–H groups in total. The lowest BCUT2D eigenvalue weighted by molar-refractivity contribution is 0.0979. The van der Waals surface area contributed by atoms with Gasteiger partial charge in [0, 0.05) is 24.6 Å². The number of pyridine rings is 1. The lowest BCUT2D eigenvalue weighted by Gasteiger charge is -2.18. The van der Waals surface area contributed by atoms with Crippen molar-refractivity contribution in [2.45, 2.75) is 26.4 Å². The summed E-state index contributed by atoms with van der Waals surface area (Å²) in [6.45, 7) is 4.33. The van der Waals surface area contributed by atoms with Gasteiger partial charge in [-0.25, -0.2) is 4.98 Å². The van der Waals surface area contributed by atoms with E-state index in [1.165, 1.54) is 11.3 Å². The maximum absolute atomic E-state index is 13.4. The third-order valence-corrected chi connectivity index (χ3v) is 6.10. The van der Waals surface area contributed by atoms with Crippen molar-refractivity contribution in [3.63, 3.8) is 0 Å². The van der Waals surface area contributed by atoms with E-state index in [1.807, 2.05) is 26.0 Å². The third kappa shape index (κ3) is 3.88. The molecule has 9 heteroatoms. The Kier molecular flexibility index (Phi) is 5.69. The van der Waals surface area contributed by atoms with Gasteiger partial charge >= 0.3 is 0 Å². The molecule has 3 aromatic heterocycles. The molecular formula is C21H20ClN5O2S. The van der Waals surface area contributed by atoms with Gasteiger partial charge in [-0.15, -0.1) is 0 Å². The van der Waals surface area contributed by atoms with E-state index >= 15 is 0 Å². The summed E-state index contributed by atoms with van der Waals surface area (Å²) in [4.78, 5) is 23.9. The van der Waals surface area contributed by atoms with Gasteiger partial charge in [0.1, 0.15) is 11.3 Å². The van der Waals surface area contributed by atoms with Gasteiger partial charge in [-0.05, 0) is 43.7 Å². The average Bonchev–Trinajstić information content (AvgIpc) is 3.41. The molecule has 0 radical (unpaired) electrons. The fourth-order valence-electron chi connectivity index (χ4n) is 3.00. The van der Waals surface area contributed by atoms with Crippen molar-refractivity contribution in [1.29, 1.82) is 0 Å². The smallest absolute Gasteiger partial charge is 0.280 e. The number of rotatable bonds is 6. The number of hydrogen-bond donors (Lipinski definition) is 0. The van der Waals surface area contributed by atoms with E-state index in [9.17, 15) is 4.79 Å². The molecule has 0 saturated carbocycles. The zero-order chi connectivity index (χ0) is 21.3. The van der Waals surface area contributed by atoms with Crippen molar-refractivity contribution in [3.05, 3.63) is 65.2 Å². The fraction of sp³-hybridized carbons (Fsp3) is 0.238. The Bertz CT molecular complexity index is 1190. The number of anilines is 1. The highest BCUT2D eigenvalue weighted by atomic mass is 35.5. The van der Waals surface area contributed by atoms with E-state index in [2.05, 4.69) is 15.1 Å². The van der Waals surface area contributed by atoms with Crippen molar-refractivity contribution >= 4 is 44.2 Å². The second-order valence-electron chi connectivity index (χ2n) is 6.95. The monoisotopic (exact) mass is 441 g/mol. The van der Waals surface area contributed by atoms with Gasteiger partial charge in [-0.1, -0.05) is 29.0 Å². The number of carbonyl (C=O) groups excluding carboxylic acids is 1. The highest BCUT2D eigenvalue weighted by Crippen LogP contribution is 2.39. The van der Waals surface area contributed by atoms with Crippen LogP contribution in [0.1, 0.15) is 35.9 Å². The van der Waals surface area contributed by atoms with E-state index in [-0.39, 0.29) is 11.9 Å². The summed E-state index contributed by atoms with van der Waals surface area (Å²) in [5.41, 5.74) is 1.86. The Balaban J connectivity index is 1.79. The second-order valence-corrected chi connectivity index (χ2v) is 8.34. The molecule has 30 heavy (non-hydrogen) atoms. The van der Waals surface area contributed by atoms with Crippen LogP contribution in [0, 0.1) is 0 Å². The molecule has 0 bridgehead atoms. The minimum Gasteiger partial charge on any atom is -0.494 e. The summed E-state index contributed by atoms with van der Waals surface area (Å²) in [6, 6.07) is 9.17. The van der Waals surface area contributed by atoms with Crippen LogP contribution in [-0.4, -0.2) is 32.8 Å². The maximum atomic E-state index is 13.4. The van der Waals surface area contributed by atoms with Crippen LogP contribution >= 0.6 is 22.9 Å². The first-order valence-corrected chi connectivity index (χ1v) is 10.6. The Morgan fingerprint density at radius 3 is 2.80 bits per heavy atom. The van der Waals surface area contributed by atoms with E-state index < -0.39 is 0 Å². The lowest BCUT2D eigenvalue weighted by atomic mass is 10.2. The molecule has 4 rings (SSSR count). The van der Waals surface area contributed by atoms with Gasteiger partial charge in [0.2, 0.25) is 0 Å². The van der Waals surface area contributed by atoms with Crippen LogP contribution in [0.25, 0.3) is 10.2 Å². The minimum atomic E-state index is -0.243. The largest absolute Gasteiger partial charge is 0.494 e. The Hall–Kier alpha value is -2.97. The highest BCUT2D eigenvalue weighted by Gasteiger charge is 2.25. The zero-order valence-electron chi connectivity index (χ0n) is 16.7. The molecule has 0 saturated heterocycles. The van der Waals surface area contributed by atoms with Crippen molar-refractivity contribution in [3.8, 4) is 5.75 Å². The predicted octanol–water partition coefficient (Wildman–Crippen LogP) is 4.98. The summed E-state index contributed by atoms with van der Waals surface area (Å²) in [5, 5.41) is 5.52. The Morgan fingerprint density at radius 1 is 1.30 bits per heavy atom. The fourth-order valence-corrected chi connectivity index (χ4v) is 4.25. The standard InChI is InChI=1S/C21H20ClN5O2S/c1-13(2)27-10-8-16(25-27)20(28)26(12-14-5-4-9-23-11-14)21-24-18-17(29-3)7-6-15(22)19(18)30-21/h4-11,13H,12H2,1-3H3. The molecule has 0 aliphatic carbocycles.